The molecule has 2 N–H and O–H groups in total. The molecule has 0 radical (unpaired) electrons. The minimum absolute atomic E-state index is 0. The van der Waals surface area contributed by atoms with Gasteiger partial charge in [0.05, 0.1) is 11.1 Å². The lowest BCUT2D eigenvalue weighted by Gasteiger charge is -2.13. The summed E-state index contributed by atoms with van der Waals surface area (Å²) in [6, 6.07) is 10.3. The second-order valence-electron chi connectivity index (χ2n) is 6.08. The minimum atomic E-state index is 0. The molecule has 1 unspecified atom stereocenters. The van der Waals surface area contributed by atoms with Crippen LogP contribution in [0.1, 0.15) is 41.8 Å². The molecule has 1 atom stereocenters. The number of nitrogens with zero attached hydrogens (tertiary/aromatic N) is 2. The maximum absolute atomic E-state index is 5.89. The van der Waals surface area contributed by atoms with E-state index in [1.165, 1.54) is 10.4 Å². The Labute approximate surface area is 184 Å². The number of ether oxygens (including phenoxy) is 1. The fourth-order valence-corrected chi connectivity index (χ4v) is 3.27. The predicted molar refractivity (Wildman–Crippen MR) is 125 cm³/mol. The standard InChI is InChI=1S/C20H30N4OS.HI/c1-4-21-20(23-13-11-19-24-15-16(2)26-19)22-12-8-14-25-17(3)18-9-6-5-7-10-18;/h5-7,9-10,15,17H,4,8,11-14H2,1-3H3,(H2,21,22,23);1H. The maximum atomic E-state index is 5.89. The van der Waals surface area contributed by atoms with Gasteiger partial charge in [-0.1, -0.05) is 30.3 Å². The van der Waals surface area contributed by atoms with Crippen molar-refractivity contribution in [3.05, 3.63) is 52.0 Å². The zero-order valence-corrected chi connectivity index (χ0v) is 19.6. The normalized spacial score (nSPS) is 12.3. The third-order valence-electron chi connectivity index (χ3n) is 3.85. The molecule has 0 aliphatic rings. The van der Waals surface area contributed by atoms with Gasteiger partial charge in [-0.2, -0.15) is 0 Å². The van der Waals surface area contributed by atoms with Gasteiger partial charge in [0, 0.05) is 43.7 Å². The van der Waals surface area contributed by atoms with Gasteiger partial charge in [0.15, 0.2) is 5.96 Å². The van der Waals surface area contributed by atoms with Crippen LogP contribution in [0, 0.1) is 6.92 Å². The van der Waals surface area contributed by atoms with E-state index < -0.39 is 0 Å². The molecule has 0 amide bonds. The summed E-state index contributed by atoms with van der Waals surface area (Å²) in [4.78, 5) is 10.3. The van der Waals surface area contributed by atoms with E-state index in [1.807, 2.05) is 24.4 Å². The van der Waals surface area contributed by atoms with Gasteiger partial charge in [0.25, 0.3) is 0 Å². The van der Waals surface area contributed by atoms with Gasteiger partial charge in [0.1, 0.15) is 0 Å². The Balaban J connectivity index is 0.00000364. The van der Waals surface area contributed by atoms with E-state index in [4.69, 9.17) is 4.74 Å². The number of hydrogen-bond donors (Lipinski definition) is 2. The van der Waals surface area contributed by atoms with Crippen LogP contribution in [0.3, 0.4) is 0 Å². The van der Waals surface area contributed by atoms with Crippen LogP contribution in [0.2, 0.25) is 0 Å². The van der Waals surface area contributed by atoms with Crippen molar-refractivity contribution < 1.29 is 4.74 Å². The summed E-state index contributed by atoms with van der Waals surface area (Å²) in [5.41, 5.74) is 1.21. The number of guanidine groups is 1. The molecule has 150 valence electrons. The number of rotatable bonds is 10. The van der Waals surface area contributed by atoms with Crippen molar-refractivity contribution in [1.82, 2.24) is 15.6 Å². The summed E-state index contributed by atoms with van der Waals surface area (Å²) in [6.45, 7) is 9.38. The lowest BCUT2D eigenvalue weighted by atomic mass is 10.1. The number of nitrogens with one attached hydrogen (secondary N) is 2. The van der Waals surface area contributed by atoms with Gasteiger partial charge in [-0.15, -0.1) is 35.3 Å². The van der Waals surface area contributed by atoms with Crippen LogP contribution in [-0.4, -0.2) is 37.2 Å². The van der Waals surface area contributed by atoms with Gasteiger partial charge >= 0.3 is 0 Å². The van der Waals surface area contributed by atoms with E-state index in [1.54, 1.807) is 11.3 Å². The fourth-order valence-electron chi connectivity index (χ4n) is 2.48. The maximum Gasteiger partial charge on any atom is 0.191 e. The Morgan fingerprint density at radius 1 is 1.26 bits per heavy atom. The summed E-state index contributed by atoms with van der Waals surface area (Å²) in [5.74, 6) is 0.858. The van der Waals surface area contributed by atoms with Gasteiger partial charge in [-0.3, -0.25) is 4.99 Å². The number of hydrogen-bond acceptors (Lipinski definition) is 4. The molecule has 0 fully saturated rings. The first-order valence-electron chi connectivity index (χ1n) is 9.29. The van der Waals surface area contributed by atoms with Crippen LogP contribution >= 0.6 is 35.3 Å². The molecule has 5 nitrogen and oxygen atoms in total. The molecule has 0 saturated heterocycles. The third-order valence-corrected chi connectivity index (χ3v) is 4.83. The van der Waals surface area contributed by atoms with Crippen LogP contribution in [0.25, 0.3) is 0 Å². The van der Waals surface area contributed by atoms with Gasteiger partial charge in [-0.05, 0) is 32.8 Å². The summed E-state index contributed by atoms with van der Waals surface area (Å²) in [5, 5.41) is 7.81. The average Bonchev–Trinajstić information content (AvgIpc) is 3.07. The van der Waals surface area contributed by atoms with Gasteiger partial charge in [0.2, 0.25) is 0 Å². The molecule has 1 aromatic carbocycles. The first kappa shape index (κ1) is 23.8. The lowest BCUT2D eigenvalue weighted by molar-refractivity contribution is 0.0652. The summed E-state index contributed by atoms with van der Waals surface area (Å²) in [6.07, 6.45) is 3.86. The second-order valence-corrected chi connectivity index (χ2v) is 7.40. The van der Waals surface area contributed by atoms with Crippen molar-refractivity contribution >= 4 is 41.3 Å². The Hall–Kier alpha value is -1.19. The SMILES string of the molecule is CCNC(=NCCCOC(C)c1ccccc1)NCCc1ncc(C)s1.I. The monoisotopic (exact) mass is 502 g/mol. The van der Waals surface area contributed by atoms with Gasteiger partial charge in [-0.25, -0.2) is 4.98 Å². The molecule has 0 aliphatic carbocycles. The highest BCUT2D eigenvalue weighted by molar-refractivity contribution is 14.0. The number of benzene rings is 1. The van der Waals surface area contributed by atoms with E-state index in [2.05, 4.69) is 53.5 Å². The predicted octanol–water partition coefficient (Wildman–Crippen LogP) is 4.34. The molecule has 7 heteroatoms. The number of thiazole rings is 1. The Kier molecular flexibility index (Phi) is 12.3. The first-order valence-corrected chi connectivity index (χ1v) is 10.1. The average molecular weight is 502 g/mol. The van der Waals surface area contributed by atoms with Crippen LogP contribution in [0.5, 0.6) is 0 Å². The topological polar surface area (TPSA) is 58.5 Å². The fraction of sp³-hybridized carbons (Fsp3) is 0.500. The van der Waals surface area contributed by atoms with Crippen molar-refractivity contribution in [2.24, 2.45) is 4.99 Å². The second kappa shape index (κ2) is 13.9. The van der Waals surface area contributed by atoms with Crippen molar-refractivity contribution in [3.8, 4) is 0 Å². The molecule has 0 spiro atoms. The smallest absolute Gasteiger partial charge is 0.191 e. The lowest BCUT2D eigenvalue weighted by Crippen LogP contribution is -2.38. The van der Waals surface area contributed by atoms with Crippen molar-refractivity contribution in [1.29, 1.82) is 0 Å². The van der Waals surface area contributed by atoms with Crippen LogP contribution < -0.4 is 10.6 Å². The Morgan fingerprint density at radius 3 is 2.70 bits per heavy atom. The highest BCUT2D eigenvalue weighted by Crippen LogP contribution is 2.15. The zero-order chi connectivity index (χ0) is 18.6. The molecular weight excluding hydrogens is 471 g/mol. The first-order chi connectivity index (χ1) is 12.7. The van der Waals surface area contributed by atoms with Crippen LogP contribution in [-0.2, 0) is 11.2 Å². The summed E-state index contributed by atoms with van der Waals surface area (Å²) >= 11 is 1.75. The Bertz CT molecular complexity index is 663. The largest absolute Gasteiger partial charge is 0.374 e. The Morgan fingerprint density at radius 2 is 2.04 bits per heavy atom. The zero-order valence-electron chi connectivity index (χ0n) is 16.4. The summed E-state index contributed by atoms with van der Waals surface area (Å²) in [7, 11) is 0. The van der Waals surface area contributed by atoms with Crippen molar-refractivity contribution in [2.45, 2.75) is 39.7 Å². The molecule has 0 aliphatic heterocycles. The molecule has 27 heavy (non-hydrogen) atoms. The number of aryl methyl sites for hydroxylation is 1. The van der Waals surface area contributed by atoms with Crippen LogP contribution in [0.4, 0.5) is 0 Å². The quantitative estimate of drug-likeness (QED) is 0.220. The highest BCUT2D eigenvalue weighted by Gasteiger charge is 2.04. The molecule has 0 saturated carbocycles. The number of halogens is 1. The van der Waals surface area contributed by atoms with E-state index in [0.717, 1.165) is 43.4 Å². The van der Waals surface area contributed by atoms with E-state index in [9.17, 15) is 0 Å². The molecule has 2 rings (SSSR count). The van der Waals surface area contributed by atoms with E-state index >= 15 is 0 Å². The number of aromatic nitrogens is 1. The summed E-state index contributed by atoms with van der Waals surface area (Å²) < 4.78 is 5.89. The van der Waals surface area contributed by atoms with Crippen LogP contribution in [0.15, 0.2) is 41.5 Å². The molecule has 1 aromatic heterocycles. The molecule has 1 heterocycles. The van der Waals surface area contributed by atoms with E-state index in [0.29, 0.717) is 6.61 Å². The minimum Gasteiger partial charge on any atom is -0.374 e. The molecular formula is C20H31IN4OS. The van der Waals surface area contributed by atoms with Gasteiger partial charge < -0.3 is 15.4 Å². The number of aliphatic imine (C=N–C) groups is 1. The highest BCUT2D eigenvalue weighted by atomic mass is 127. The van der Waals surface area contributed by atoms with Crippen molar-refractivity contribution in [3.63, 3.8) is 0 Å². The molecule has 2 aromatic rings. The molecule has 0 bridgehead atoms. The van der Waals surface area contributed by atoms with E-state index in [-0.39, 0.29) is 30.1 Å². The third kappa shape index (κ3) is 9.53. The van der Waals surface area contributed by atoms with Crippen molar-refractivity contribution in [2.75, 3.05) is 26.2 Å².